The number of benzene rings is 3. The van der Waals surface area contributed by atoms with Crippen molar-refractivity contribution in [2.24, 2.45) is 0 Å². The Morgan fingerprint density at radius 1 is 0.925 bits per heavy atom. The zero-order valence-electron chi connectivity index (χ0n) is 22.9. The maximum Gasteiger partial charge on any atom is 0.264 e. The molecule has 0 saturated heterocycles. The quantitative estimate of drug-likeness (QED) is 0.332. The molecule has 0 radical (unpaired) electrons. The number of halogens is 1. The van der Waals surface area contributed by atoms with Crippen molar-refractivity contribution in [2.75, 3.05) is 10.8 Å². The van der Waals surface area contributed by atoms with Gasteiger partial charge in [-0.05, 0) is 68.7 Å². The molecule has 0 aliphatic heterocycles. The number of nitrogens with zero attached hydrogens (tertiary/aromatic N) is 2. The van der Waals surface area contributed by atoms with E-state index in [0.29, 0.717) is 10.7 Å². The molecule has 212 valence electrons. The molecule has 1 fully saturated rings. The van der Waals surface area contributed by atoms with E-state index in [9.17, 15) is 18.0 Å². The number of aryl methyl sites for hydroxylation is 1. The molecule has 0 aromatic heterocycles. The van der Waals surface area contributed by atoms with Crippen LogP contribution in [0, 0.1) is 6.92 Å². The van der Waals surface area contributed by atoms with Crippen LogP contribution in [0.1, 0.15) is 50.2 Å². The highest BCUT2D eigenvalue weighted by Crippen LogP contribution is 2.26. The third kappa shape index (κ3) is 7.43. The van der Waals surface area contributed by atoms with Gasteiger partial charge in [0.2, 0.25) is 11.8 Å². The van der Waals surface area contributed by atoms with Crippen LogP contribution in [0.2, 0.25) is 5.02 Å². The van der Waals surface area contributed by atoms with Crippen LogP contribution in [0.15, 0.2) is 83.8 Å². The molecule has 3 aromatic carbocycles. The van der Waals surface area contributed by atoms with E-state index in [1.807, 2.05) is 37.3 Å². The summed E-state index contributed by atoms with van der Waals surface area (Å²) in [5.74, 6) is -0.716. The van der Waals surface area contributed by atoms with Crippen molar-refractivity contribution in [1.82, 2.24) is 10.2 Å². The van der Waals surface area contributed by atoms with E-state index in [1.54, 1.807) is 31.2 Å². The summed E-state index contributed by atoms with van der Waals surface area (Å²) < 4.78 is 28.8. The van der Waals surface area contributed by atoms with Gasteiger partial charge in [-0.25, -0.2) is 8.42 Å². The Morgan fingerprint density at radius 2 is 1.55 bits per heavy atom. The van der Waals surface area contributed by atoms with Crippen LogP contribution in [-0.4, -0.2) is 43.8 Å². The van der Waals surface area contributed by atoms with Crippen LogP contribution in [0.5, 0.6) is 0 Å². The fourth-order valence-electron chi connectivity index (χ4n) is 4.91. The van der Waals surface area contributed by atoms with Crippen molar-refractivity contribution in [3.05, 3.63) is 95.0 Å². The van der Waals surface area contributed by atoms with Crippen molar-refractivity contribution >= 4 is 39.1 Å². The molecule has 4 rings (SSSR count). The summed E-state index contributed by atoms with van der Waals surface area (Å²) in [5.41, 5.74) is 2.15. The van der Waals surface area contributed by atoms with Crippen molar-refractivity contribution in [1.29, 1.82) is 0 Å². The smallest absolute Gasteiger partial charge is 0.264 e. The standard InChI is InChI=1S/C31H36ClN3O4S/c1-23-13-17-28(18-14-23)35(40(38,39)29-19-15-26(32)16-20-29)22-30(36)34(21-25-9-5-3-6-10-25)24(2)31(37)33-27-11-7-4-8-12-27/h3,5-6,9-10,13-20,24,27H,4,7-8,11-12,21-22H2,1-2H3,(H,33,37)/t24-/m0/s1. The third-order valence-corrected chi connectivity index (χ3v) is 9.36. The Kier molecular flexibility index (Phi) is 9.87. The van der Waals surface area contributed by atoms with Gasteiger partial charge in [0.1, 0.15) is 12.6 Å². The predicted octanol–water partition coefficient (Wildman–Crippen LogP) is 5.71. The molecule has 3 aromatic rings. The van der Waals surface area contributed by atoms with Gasteiger partial charge < -0.3 is 10.2 Å². The SMILES string of the molecule is Cc1ccc(N(CC(=O)N(Cc2ccccc2)[C@@H](C)C(=O)NC2CCCCC2)S(=O)(=O)c2ccc(Cl)cc2)cc1. The Balaban J connectivity index is 1.65. The minimum Gasteiger partial charge on any atom is -0.352 e. The van der Waals surface area contributed by atoms with Gasteiger partial charge in [0.25, 0.3) is 10.0 Å². The lowest BCUT2D eigenvalue weighted by atomic mass is 9.95. The minimum atomic E-state index is -4.13. The molecule has 1 N–H and O–H groups in total. The van der Waals surface area contributed by atoms with E-state index in [1.165, 1.54) is 29.2 Å². The average molecular weight is 582 g/mol. The van der Waals surface area contributed by atoms with Crippen molar-refractivity contribution in [3.8, 4) is 0 Å². The molecule has 1 aliphatic carbocycles. The molecule has 7 nitrogen and oxygen atoms in total. The van der Waals surface area contributed by atoms with Crippen LogP contribution >= 0.6 is 11.6 Å². The number of carbonyl (C=O) groups excluding carboxylic acids is 2. The number of hydrogen-bond acceptors (Lipinski definition) is 4. The number of nitrogens with one attached hydrogen (secondary N) is 1. The van der Waals surface area contributed by atoms with Crippen LogP contribution in [0.25, 0.3) is 0 Å². The zero-order valence-corrected chi connectivity index (χ0v) is 24.5. The molecular weight excluding hydrogens is 546 g/mol. The largest absolute Gasteiger partial charge is 0.352 e. The molecule has 0 heterocycles. The predicted molar refractivity (Wildman–Crippen MR) is 159 cm³/mol. The highest BCUT2D eigenvalue weighted by atomic mass is 35.5. The summed E-state index contributed by atoms with van der Waals surface area (Å²) in [6.07, 6.45) is 5.15. The maximum absolute atomic E-state index is 14.0. The Labute approximate surface area is 242 Å². The molecule has 0 spiro atoms. The second-order valence-electron chi connectivity index (χ2n) is 10.3. The lowest BCUT2D eigenvalue weighted by molar-refractivity contribution is -0.139. The first kappa shape index (κ1) is 29.6. The van der Waals surface area contributed by atoms with Crippen molar-refractivity contribution in [3.63, 3.8) is 0 Å². The first-order valence-electron chi connectivity index (χ1n) is 13.6. The summed E-state index contributed by atoms with van der Waals surface area (Å²) in [7, 11) is -4.13. The van der Waals surface area contributed by atoms with Gasteiger partial charge in [0.05, 0.1) is 10.6 Å². The fourth-order valence-corrected chi connectivity index (χ4v) is 6.45. The number of sulfonamides is 1. The second kappa shape index (κ2) is 13.3. The fraction of sp³-hybridized carbons (Fsp3) is 0.355. The molecule has 1 aliphatic rings. The topological polar surface area (TPSA) is 86.8 Å². The van der Waals surface area contributed by atoms with Crippen LogP contribution in [0.3, 0.4) is 0 Å². The summed E-state index contributed by atoms with van der Waals surface area (Å²) in [5, 5.41) is 3.52. The first-order chi connectivity index (χ1) is 19.1. The van der Waals surface area contributed by atoms with Crippen LogP contribution in [0.4, 0.5) is 5.69 Å². The summed E-state index contributed by atoms with van der Waals surface area (Å²) in [6, 6.07) is 21.5. The maximum atomic E-state index is 14.0. The number of rotatable bonds is 10. The van der Waals surface area contributed by atoms with E-state index >= 15 is 0 Å². The van der Waals surface area contributed by atoms with Crippen LogP contribution < -0.4 is 9.62 Å². The summed E-state index contributed by atoms with van der Waals surface area (Å²) in [6.45, 7) is 3.30. The molecule has 1 saturated carbocycles. The highest BCUT2D eigenvalue weighted by molar-refractivity contribution is 7.92. The number of carbonyl (C=O) groups is 2. The molecule has 2 amide bonds. The third-order valence-electron chi connectivity index (χ3n) is 7.32. The highest BCUT2D eigenvalue weighted by Gasteiger charge is 2.33. The molecule has 0 unspecified atom stereocenters. The molecular formula is C31H36ClN3O4S. The molecule has 9 heteroatoms. The summed E-state index contributed by atoms with van der Waals surface area (Å²) in [4.78, 5) is 28.8. The van der Waals surface area contributed by atoms with Gasteiger partial charge in [0, 0.05) is 17.6 Å². The lowest BCUT2D eigenvalue weighted by Gasteiger charge is -2.33. The minimum absolute atomic E-state index is 0.0166. The average Bonchev–Trinajstić information content (AvgIpc) is 2.96. The second-order valence-corrected chi connectivity index (χ2v) is 12.6. The number of hydrogen-bond donors (Lipinski definition) is 1. The molecule has 1 atom stereocenters. The Hall–Kier alpha value is -3.36. The Bertz CT molecular complexity index is 1390. The van der Waals surface area contributed by atoms with Gasteiger partial charge in [-0.1, -0.05) is 78.9 Å². The van der Waals surface area contributed by atoms with Gasteiger partial charge in [-0.15, -0.1) is 0 Å². The number of anilines is 1. The number of amides is 2. The van der Waals surface area contributed by atoms with E-state index < -0.39 is 28.5 Å². The molecule has 40 heavy (non-hydrogen) atoms. The summed E-state index contributed by atoms with van der Waals surface area (Å²) >= 11 is 6.01. The normalized spacial score (nSPS) is 14.8. The van der Waals surface area contributed by atoms with Gasteiger partial charge in [-0.2, -0.15) is 0 Å². The van der Waals surface area contributed by atoms with Crippen molar-refractivity contribution < 1.29 is 18.0 Å². The first-order valence-corrected chi connectivity index (χ1v) is 15.5. The van der Waals surface area contributed by atoms with Crippen molar-refractivity contribution in [2.45, 2.75) is 69.5 Å². The van der Waals surface area contributed by atoms with Gasteiger partial charge in [0.15, 0.2) is 0 Å². The zero-order chi connectivity index (χ0) is 28.7. The molecule has 0 bridgehead atoms. The van der Waals surface area contributed by atoms with E-state index in [-0.39, 0.29) is 23.4 Å². The monoisotopic (exact) mass is 581 g/mol. The van der Waals surface area contributed by atoms with E-state index in [2.05, 4.69) is 5.32 Å². The van der Waals surface area contributed by atoms with Crippen LogP contribution in [-0.2, 0) is 26.2 Å². The van der Waals surface area contributed by atoms with Gasteiger partial charge >= 0.3 is 0 Å². The van der Waals surface area contributed by atoms with Gasteiger partial charge in [-0.3, -0.25) is 13.9 Å². The van der Waals surface area contributed by atoms with E-state index in [4.69, 9.17) is 11.6 Å². The Morgan fingerprint density at radius 3 is 2.17 bits per heavy atom. The lowest BCUT2D eigenvalue weighted by Crippen LogP contribution is -2.53. The van der Waals surface area contributed by atoms with E-state index in [0.717, 1.165) is 47.5 Å².